The van der Waals surface area contributed by atoms with Gasteiger partial charge < -0.3 is 15.3 Å². The topological polar surface area (TPSA) is 69.6 Å². The van der Waals surface area contributed by atoms with Gasteiger partial charge in [-0.1, -0.05) is 6.07 Å². The van der Waals surface area contributed by atoms with Crippen molar-refractivity contribution in [1.82, 2.24) is 10.2 Å². The van der Waals surface area contributed by atoms with E-state index in [2.05, 4.69) is 5.32 Å². The van der Waals surface area contributed by atoms with Crippen LogP contribution < -0.4 is 5.32 Å². The summed E-state index contributed by atoms with van der Waals surface area (Å²) in [5.41, 5.74) is 0. The van der Waals surface area contributed by atoms with Crippen molar-refractivity contribution in [3.05, 3.63) is 22.4 Å². The van der Waals surface area contributed by atoms with Gasteiger partial charge in [-0.3, -0.25) is 9.59 Å². The van der Waals surface area contributed by atoms with E-state index >= 15 is 0 Å². The second-order valence-corrected chi connectivity index (χ2v) is 6.18. The molecule has 0 aliphatic carbocycles. The maximum atomic E-state index is 12.2. The first kappa shape index (κ1) is 16.0. The van der Waals surface area contributed by atoms with Gasteiger partial charge in [-0.05, 0) is 37.1 Å². The molecule has 0 bridgehead atoms. The number of rotatable bonds is 7. The number of amides is 2. The molecule has 1 fully saturated rings. The molecule has 1 atom stereocenters. The molecule has 0 spiro atoms. The van der Waals surface area contributed by atoms with Gasteiger partial charge in [-0.25, -0.2) is 0 Å². The first-order valence-corrected chi connectivity index (χ1v) is 8.32. The van der Waals surface area contributed by atoms with E-state index in [0.717, 1.165) is 32.2 Å². The lowest BCUT2D eigenvalue weighted by atomic mass is 10.1. The van der Waals surface area contributed by atoms with Crippen LogP contribution in [0.15, 0.2) is 17.5 Å². The minimum absolute atomic E-state index is 0.0990. The van der Waals surface area contributed by atoms with Crippen LogP contribution in [0.4, 0.5) is 0 Å². The van der Waals surface area contributed by atoms with Gasteiger partial charge in [0.1, 0.15) is 0 Å². The summed E-state index contributed by atoms with van der Waals surface area (Å²) in [6.07, 6.45) is 4.00. The zero-order chi connectivity index (χ0) is 15.1. The Hall–Kier alpha value is -1.40. The van der Waals surface area contributed by atoms with E-state index in [0.29, 0.717) is 17.8 Å². The smallest absolute Gasteiger partial charge is 0.261 e. The van der Waals surface area contributed by atoms with E-state index in [4.69, 9.17) is 5.11 Å². The van der Waals surface area contributed by atoms with Crippen molar-refractivity contribution in [2.24, 2.45) is 0 Å². The molecule has 0 saturated carbocycles. The largest absolute Gasteiger partial charge is 0.396 e. The number of aliphatic hydroxyl groups is 1. The lowest BCUT2D eigenvalue weighted by molar-refractivity contribution is -0.132. The minimum atomic E-state index is -0.115. The first-order chi connectivity index (χ1) is 10.2. The second-order valence-electron chi connectivity index (χ2n) is 5.23. The fraction of sp³-hybridized carbons (Fsp3) is 0.600. The summed E-state index contributed by atoms with van der Waals surface area (Å²) < 4.78 is 0. The highest BCUT2D eigenvalue weighted by Gasteiger charge is 2.27. The van der Waals surface area contributed by atoms with E-state index < -0.39 is 0 Å². The summed E-state index contributed by atoms with van der Waals surface area (Å²) in [6, 6.07) is 3.87. The molecular weight excluding hydrogens is 288 g/mol. The molecule has 1 aromatic rings. The van der Waals surface area contributed by atoms with Gasteiger partial charge in [0.2, 0.25) is 5.91 Å². The fourth-order valence-corrected chi connectivity index (χ4v) is 3.35. The van der Waals surface area contributed by atoms with Gasteiger partial charge in [0.05, 0.1) is 4.88 Å². The molecule has 0 aromatic carbocycles. The summed E-state index contributed by atoms with van der Waals surface area (Å²) in [4.78, 5) is 26.5. The van der Waals surface area contributed by atoms with Crippen molar-refractivity contribution in [3.63, 3.8) is 0 Å². The number of aliphatic hydroxyl groups excluding tert-OH is 1. The highest BCUT2D eigenvalue weighted by molar-refractivity contribution is 7.12. The molecule has 1 aromatic heterocycles. The van der Waals surface area contributed by atoms with Gasteiger partial charge >= 0.3 is 0 Å². The standard InChI is InChI=1S/C15H22N2O3S/c18-10-2-5-12-4-1-9-17(12)14(19)7-8-16-15(20)13-6-3-11-21-13/h3,6,11-12,18H,1-2,4-5,7-10H2,(H,16,20). The maximum absolute atomic E-state index is 12.2. The van der Waals surface area contributed by atoms with Gasteiger partial charge in [0, 0.05) is 32.2 Å². The summed E-state index contributed by atoms with van der Waals surface area (Å²) >= 11 is 1.39. The molecule has 1 aliphatic heterocycles. The van der Waals surface area contributed by atoms with Crippen molar-refractivity contribution in [3.8, 4) is 0 Å². The Bertz CT molecular complexity index is 461. The van der Waals surface area contributed by atoms with Crippen molar-refractivity contribution >= 4 is 23.2 Å². The third-order valence-electron chi connectivity index (χ3n) is 3.76. The third kappa shape index (κ3) is 4.54. The van der Waals surface area contributed by atoms with E-state index in [1.165, 1.54) is 11.3 Å². The lowest BCUT2D eigenvalue weighted by Gasteiger charge is -2.24. The van der Waals surface area contributed by atoms with E-state index in [9.17, 15) is 9.59 Å². The minimum Gasteiger partial charge on any atom is -0.396 e. The molecule has 5 nitrogen and oxygen atoms in total. The molecule has 2 heterocycles. The van der Waals surface area contributed by atoms with Gasteiger partial charge in [0.25, 0.3) is 5.91 Å². The third-order valence-corrected chi connectivity index (χ3v) is 4.63. The Morgan fingerprint density at radius 3 is 3.05 bits per heavy atom. The van der Waals surface area contributed by atoms with Crippen LogP contribution in [0.2, 0.25) is 0 Å². The average Bonchev–Trinajstić information content (AvgIpc) is 3.15. The summed E-state index contributed by atoms with van der Waals surface area (Å²) in [5, 5.41) is 13.5. The number of carbonyl (C=O) groups is 2. The van der Waals surface area contributed by atoms with Gasteiger partial charge in [-0.2, -0.15) is 0 Å². The van der Waals surface area contributed by atoms with Crippen LogP contribution in [0, 0.1) is 0 Å². The zero-order valence-corrected chi connectivity index (χ0v) is 12.9. The molecule has 1 saturated heterocycles. The summed E-state index contributed by atoms with van der Waals surface area (Å²) in [6.45, 7) is 1.35. The number of thiophene rings is 1. The second kappa shape index (κ2) is 8.14. The number of carbonyl (C=O) groups excluding carboxylic acids is 2. The number of hydrogen-bond donors (Lipinski definition) is 2. The van der Waals surface area contributed by atoms with Crippen LogP contribution >= 0.6 is 11.3 Å². The Morgan fingerprint density at radius 1 is 1.48 bits per heavy atom. The molecule has 1 unspecified atom stereocenters. The Kier molecular flexibility index (Phi) is 6.20. The predicted molar refractivity (Wildman–Crippen MR) is 82.3 cm³/mol. The van der Waals surface area contributed by atoms with Crippen LogP contribution in [0.1, 0.15) is 41.8 Å². The molecule has 1 aliphatic rings. The molecule has 0 radical (unpaired) electrons. The highest BCUT2D eigenvalue weighted by Crippen LogP contribution is 2.21. The molecular formula is C15H22N2O3S. The van der Waals surface area contributed by atoms with E-state index in [-0.39, 0.29) is 24.5 Å². The Morgan fingerprint density at radius 2 is 2.33 bits per heavy atom. The van der Waals surface area contributed by atoms with Crippen LogP contribution in [0.3, 0.4) is 0 Å². The Balaban J connectivity index is 1.72. The molecule has 116 valence electrons. The van der Waals surface area contributed by atoms with Crippen molar-refractivity contribution in [1.29, 1.82) is 0 Å². The van der Waals surface area contributed by atoms with E-state index in [1.54, 1.807) is 6.07 Å². The average molecular weight is 310 g/mol. The predicted octanol–water partition coefficient (Wildman–Crippen LogP) is 1.63. The van der Waals surface area contributed by atoms with Crippen molar-refractivity contribution in [2.45, 2.75) is 38.1 Å². The molecule has 2 rings (SSSR count). The first-order valence-electron chi connectivity index (χ1n) is 7.44. The SMILES string of the molecule is O=C(NCCC(=O)N1CCCC1CCCO)c1cccs1. The van der Waals surface area contributed by atoms with Crippen LogP contribution in [-0.4, -0.2) is 47.6 Å². The van der Waals surface area contributed by atoms with Crippen molar-refractivity contribution in [2.75, 3.05) is 19.7 Å². The quantitative estimate of drug-likeness (QED) is 0.804. The van der Waals surface area contributed by atoms with Gasteiger partial charge in [0.15, 0.2) is 0 Å². The Labute approximate surface area is 129 Å². The fourth-order valence-electron chi connectivity index (χ4n) is 2.71. The van der Waals surface area contributed by atoms with Crippen LogP contribution in [-0.2, 0) is 4.79 Å². The number of likely N-dealkylation sites (tertiary alicyclic amines) is 1. The maximum Gasteiger partial charge on any atom is 0.261 e. The van der Waals surface area contributed by atoms with Gasteiger partial charge in [-0.15, -0.1) is 11.3 Å². The number of nitrogens with one attached hydrogen (secondary N) is 1. The monoisotopic (exact) mass is 310 g/mol. The van der Waals surface area contributed by atoms with Crippen molar-refractivity contribution < 1.29 is 14.7 Å². The zero-order valence-electron chi connectivity index (χ0n) is 12.1. The van der Waals surface area contributed by atoms with Crippen LogP contribution in [0.5, 0.6) is 0 Å². The normalized spacial score (nSPS) is 18.0. The highest BCUT2D eigenvalue weighted by atomic mass is 32.1. The summed E-state index contributed by atoms with van der Waals surface area (Å²) in [5.74, 6) is -0.0158. The molecule has 2 N–H and O–H groups in total. The molecule has 2 amide bonds. The lowest BCUT2D eigenvalue weighted by Crippen LogP contribution is -2.37. The van der Waals surface area contributed by atoms with Crippen LogP contribution in [0.25, 0.3) is 0 Å². The molecule has 21 heavy (non-hydrogen) atoms. The number of hydrogen-bond acceptors (Lipinski definition) is 4. The number of nitrogens with zero attached hydrogens (tertiary/aromatic N) is 1. The summed E-state index contributed by atoms with van der Waals surface area (Å²) in [7, 11) is 0. The molecule has 6 heteroatoms. The van der Waals surface area contributed by atoms with E-state index in [1.807, 2.05) is 16.3 Å².